The number of hydrogen-bond donors (Lipinski definition) is 1. The van der Waals surface area contributed by atoms with Crippen molar-refractivity contribution in [2.75, 3.05) is 14.2 Å². The highest BCUT2D eigenvalue weighted by atomic mass is 35.5. The molecule has 3 aromatic rings. The molecule has 0 radical (unpaired) electrons. The summed E-state index contributed by atoms with van der Waals surface area (Å²) in [6, 6.07) is 16.4. The highest BCUT2D eigenvalue weighted by Gasteiger charge is 2.30. The molecule has 0 saturated heterocycles. The Labute approximate surface area is 180 Å². The summed E-state index contributed by atoms with van der Waals surface area (Å²) < 4.78 is 40.3. The van der Waals surface area contributed by atoms with Crippen molar-refractivity contribution < 1.29 is 22.6 Å². The molecule has 1 unspecified atom stereocenters. The van der Waals surface area contributed by atoms with Gasteiger partial charge in [-0.25, -0.2) is 13.6 Å². The Morgan fingerprint density at radius 2 is 1.80 bits per heavy atom. The predicted octanol–water partition coefficient (Wildman–Crippen LogP) is 4.29. The van der Waals surface area contributed by atoms with E-state index >= 15 is 0 Å². The van der Waals surface area contributed by atoms with Crippen LogP contribution in [0.2, 0.25) is 5.02 Å². The number of ether oxygens (including phenoxy) is 3. The van der Waals surface area contributed by atoms with Crippen LogP contribution in [0.4, 0.5) is 0 Å². The molecule has 3 aromatic carbocycles. The lowest BCUT2D eigenvalue weighted by molar-refractivity contribution is 0.242. The standard InChI is InChI=1S/C22H20ClNO5S/c1-27-18-9-7-14(11-20(18)28-2)22-16-10-13(12-30(24,25)26)6-8-15(16)21-17(23)4-3-5-19(21)29-22/h3-11,22H,12H2,1-2H3,(H2,24,25,26). The minimum Gasteiger partial charge on any atom is -0.493 e. The summed E-state index contributed by atoms with van der Waals surface area (Å²) in [5, 5.41) is 5.80. The van der Waals surface area contributed by atoms with Gasteiger partial charge in [0.25, 0.3) is 0 Å². The van der Waals surface area contributed by atoms with Crippen LogP contribution in [0, 0.1) is 0 Å². The Morgan fingerprint density at radius 3 is 2.50 bits per heavy atom. The molecule has 6 nitrogen and oxygen atoms in total. The molecular weight excluding hydrogens is 426 g/mol. The third kappa shape index (κ3) is 3.84. The maximum absolute atomic E-state index is 11.6. The second-order valence-electron chi connectivity index (χ2n) is 6.95. The molecule has 0 amide bonds. The smallest absolute Gasteiger partial charge is 0.213 e. The molecule has 4 rings (SSSR count). The summed E-state index contributed by atoms with van der Waals surface area (Å²) in [5.41, 5.74) is 3.84. The van der Waals surface area contributed by atoms with Gasteiger partial charge in [0.05, 0.1) is 25.0 Å². The fourth-order valence-corrected chi connectivity index (χ4v) is 4.61. The van der Waals surface area contributed by atoms with E-state index in [1.54, 1.807) is 38.5 Å². The second kappa shape index (κ2) is 7.83. The Hall–Kier alpha value is -2.74. The van der Waals surface area contributed by atoms with Crippen LogP contribution in [0.1, 0.15) is 22.8 Å². The summed E-state index contributed by atoms with van der Waals surface area (Å²) in [4.78, 5) is 0. The van der Waals surface area contributed by atoms with Crippen molar-refractivity contribution in [3.05, 3.63) is 76.3 Å². The molecule has 30 heavy (non-hydrogen) atoms. The number of hydrogen-bond acceptors (Lipinski definition) is 5. The Kier molecular flexibility index (Phi) is 5.36. The topological polar surface area (TPSA) is 87.9 Å². The van der Waals surface area contributed by atoms with Gasteiger partial charge >= 0.3 is 0 Å². The van der Waals surface area contributed by atoms with E-state index in [9.17, 15) is 8.42 Å². The molecule has 0 spiro atoms. The Morgan fingerprint density at radius 1 is 1.03 bits per heavy atom. The largest absolute Gasteiger partial charge is 0.493 e. The van der Waals surface area contributed by atoms with Crippen molar-refractivity contribution in [1.29, 1.82) is 0 Å². The first-order chi connectivity index (χ1) is 14.3. The molecule has 2 N–H and O–H groups in total. The summed E-state index contributed by atoms with van der Waals surface area (Å²) in [5.74, 6) is 1.55. The van der Waals surface area contributed by atoms with E-state index in [1.165, 1.54) is 0 Å². The number of benzene rings is 3. The first-order valence-electron chi connectivity index (χ1n) is 9.11. The van der Waals surface area contributed by atoms with Gasteiger partial charge in [-0.2, -0.15) is 0 Å². The van der Waals surface area contributed by atoms with E-state index in [0.717, 1.165) is 22.3 Å². The molecule has 1 heterocycles. The van der Waals surface area contributed by atoms with Gasteiger partial charge in [0.1, 0.15) is 11.9 Å². The van der Waals surface area contributed by atoms with E-state index in [4.69, 9.17) is 31.0 Å². The molecule has 156 valence electrons. The van der Waals surface area contributed by atoms with Crippen LogP contribution in [0.3, 0.4) is 0 Å². The number of nitrogens with two attached hydrogens (primary N) is 1. The number of rotatable bonds is 5. The van der Waals surface area contributed by atoms with Crippen LogP contribution in [0.25, 0.3) is 11.1 Å². The van der Waals surface area contributed by atoms with Gasteiger partial charge in [-0.1, -0.05) is 41.9 Å². The number of fused-ring (bicyclic) bond motifs is 3. The molecule has 0 fully saturated rings. The number of sulfonamides is 1. The second-order valence-corrected chi connectivity index (χ2v) is 8.98. The maximum atomic E-state index is 11.6. The first kappa shape index (κ1) is 20.5. The molecular formula is C22H20ClNO5S. The average molecular weight is 446 g/mol. The van der Waals surface area contributed by atoms with Crippen molar-refractivity contribution in [3.63, 3.8) is 0 Å². The van der Waals surface area contributed by atoms with Gasteiger partial charge < -0.3 is 14.2 Å². The first-order valence-corrected chi connectivity index (χ1v) is 11.2. The maximum Gasteiger partial charge on any atom is 0.213 e. The van der Waals surface area contributed by atoms with Crippen LogP contribution in [-0.4, -0.2) is 22.6 Å². The quantitative estimate of drug-likeness (QED) is 0.632. The van der Waals surface area contributed by atoms with Crippen LogP contribution < -0.4 is 19.3 Å². The lowest BCUT2D eigenvalue weighted by atomic mass is 9.88. The van der Waals surface area contributed by atoms with Gasteiger partial charge in [-0.3, -0.25) is 0 Å². The van der Waals surface area contributed by atoms with Crippen LogP contribution in [0.5, 0.6) is 17.2 Å². The molecule has 0 bridgehead atoms. The van der Waals surface area contributed by atoms with E-state index in [-0.39, 0.29) is 5.75 Å². The average Bonchev–Trinajstić information content (AvgIpc) is 2.71. The highest BCUT2D eigenvalue weighted by molar-refractivity contribution is 7.88. The van der Waals surface area contributed by atoms with Gasteiger partial charge in [-0.05, 0) is 35.4 Å². The summed E-state index contributed by atoms with van der Waals surface area (Å²) >= 11 is 6.46. The zero-order chi connectivity index (χ0) is 21.5. The highest BCUT2D eigenvalue weighted by Crippen LogP contribution is 2.48. The molecule has 1 aliphatic heterocycles. The SMILES string of the molecule is COc1ccc(C2Oc3cccc(Cl)c3-c3ccc(CS(N)(=O)=O)cc32)cc1OC. The molecule has 1 aliphatic rings. The van der Waals surface area contributed by atoms with Crippen molar-refractivity contribution in [2.24, 2.45) is 5.14 Å². The van der Waals surface area contributed by atoms with Crippen molar-refractivity contribution in [3.8, 4) is 28.4 Å². The van der Waals surface area contributed by atoms with Gasteiger partial charge in [0.15, 0.2) is 11.5 Å². The number of methoxy groups -OCH3 is 2. The number of halogens is 1. The van der Waals surface area contributed by atoms with Crippen LogP contribution in [-0.2, 0) is 15.8 Å². The lowest BCUT2D eigenvalue weighted by Crippen LogP contribution is -2.18. The molecule has 0 aliphatic carbocycles. The monoisotopic (exact) mass is 445 g/mol. The summed E-state index contributed by atoms with van der Waals surface area (Å²) in [6.07, 6.45) is -0.494. The fraction of sp³-hybridized carbons (Fsp3) is 0.182. The molecule has 0 saturated carbocycles. The van der Waals surface area contributed by atoms with Crippen molar-refractivity contribution in [2.45, 2.75) is 11.9 Å². The summed E-state index contributed by atoms with van der Waals surface area (Å²) in [7, 11) is -0.540. The van der Waals surface area contributed by atoms with Gasteiger partial charge in [-0.15, -0.1) is 0 Å². The van der Waals surface area contributed by atoms with Crippen LogP contribution in [0.15, 0.2) is 54.6 Å². The van der Waals surface area contributed by atoms with Gasteiger partial charge in [0, 0.05) is 16.7 Å². The lowest BCUT2D eigenvalue weighted by Gasteiger charge is -2.30. The predicted molar refractivity (Wildman–Crippen MR) is 116 cm³/mol. The fourth-order valence-electron chi connectivity index (χ4n) is 3.70. The Bertz CT molecular complexity index is 1230. The normalized spacial score (nSPS) is 15.0. The third-order valence-electron chi connectivity index (χ3n) is 4.97. The zero-order valence-electron chi connectivity index (χ0n) is 16.4. The minimum atomic E-state index is -3.68. The number of primary sulfonamides is 1. The van der Waals surface area contributed by atoms with E-state index in [0.29, 0.717) is 27.8 Å². The zero-order valence-corrected chi connectivity index (χ0v) is 18.0. The Balaban J connectivity index is 1.90. The van der Waals surface area contributed by atoms with E-state index in [1.807, 2.05) is 30.3 Å². The van der Waals surface area contributed by atoms with Crippen molar-refractivity contribution >= 4 is 21.6 Å². The molecule has 8 heteroatoms. The van der Waals surface area contributed by atoms with E-state index in [2.05, 4.69) is 0 Å². The summed E-state index contributed by atoms with van der Waals surface area (Å²) in [6.45, 7) is 0. The van der Waals surface area contributed by atoms with Gasteiger partial charge in [0.2, 0.25) is 10.0 Å². The molecule has 1 atom stereocenters. The van der Waals surface area contributed by atoms with Crippen LogP contribution >= 0.6 is 11.6 Å². The van der Waals surface area contributed by atoms with Crippen molar-refractivity contribution in [1.82, 2.24) is 0 Å². The molecule has 0 aromatic heterocycles. The minimum absolute atomic E-state index is 0.270. The third-order valence-corrected chi connectivity index (χ3v) is 6.02. The van der Waals surface area contributed by atoms with E-state index < -0.39 is 16.1 Å².